The summed E-state index contributed by atoms with van der Waals surface area (Å²) in [5, 5.41) is 12.3. The van der Waals surface area contributed by atoms with Crippen molar-refractivity contribution in [2.24, 2.45) is 0 Å². The van der Waals surface area contributed by atoms with Crippen LogP contribution in [0.15, 0.2) is 101 Å². The number of carbonyl (C=O) groups excluding carboxylic acids is 2. The van der Waals surface area contributed by atoms with Crippen molar-refractivity contribution in [2.75, 3.05) is 10.2 Å². The van der Waals surface area contributed by atoms with Crippen LogP contribution in [0.25, 0.3) is 0 Å². The van der Waals surface area contributed by atoms with Crippen molar-refractivity contribution >= 4 is 44.6 Å². The number of nitriles is 1. The van der Waals surface area contributed by atoms with Gasteiger partial charge in [-0.25, -0.2) is 8.42 Å². The minimum absolute atomic E-state index is 0.0333. The summed E-state index contributed by atoms with van der Waals surface area (Å²) in [6.07, 6.45) is 0. The van der Waals surface area contributed by atoms with Crippen LogP contribution in [-0.4, -0.2) is 20.2 Å². The molecule has 0 aromatic heterocycles. The van der Waals surface area contributed by atoms with Crippen LogP contribution in [0.1, 0.15) is 31.8 Å². The zero-order valence-corrected chi connectivity index (χ0v) is 20.8. The number of nitrogens with zero attached hydrogens (tertiary/aromatic N) is 2. The Morgan fingerprint density at radius 2 is 1.70 bits per heavy atom. The van der Waals surface area contributed by atoms with Gasteiger partial charge in [0.15, 0.2) is 0 Å². The van der Waals surface area contributed by atoms with Crippen molar-refractivity contribution in [3.05, 3.63) is 118 Å². The average molecular weight is 528 g/mol. The molecule has 0 saturated heterocycles. The molecule has 0 atom stereocenters. The Bertz CT molecular complexity index is 1730. The number of nitrogens with one attached hydrogen (secondary N) is 1. The van der Waals surface area contributed by atoms with E-state index in [2.05, 4.69) is 5.32 Å². The van der Waals surface area contributed by atoms with Gasteiger partial charge in [-0.1, -0.05) is 41.9 Å². The minimum Gasteiger partial charge on any atom is -0.322 e. The summed E-state index contributed by atoms with van der Waals surface area (Å²) in [6.45, 7) is 0.0333. The zero-order valence-electron chi connectivity index (χ0n) is 19.2. The molecule has 9 heteroatoms. The van der Waals surface area contributed by atoms with Crippen molar-refractivity contribution in [1.82, 2.24) is 0 Å². The van der Waals surface area contributed by atoms with E-state index in [4.69, 9.17) is 16.9 Å². The Kier molecular flexibility index (Phi) is 6.25. The molecule has 0 saturated carbocycles. The van der Waals surface area contributed by atoms with E-state index in [1.165, 1.54) is 41.3 Å². The number of anilines is 2. The lowest BCUT2D eigenvalue weighted by Crippen LogP contribution is -2.30. The third-order valence-electron chi connectivity index (χ3n) is 5.93. The normalized spacial score (nSPS) is 13.6. The Balaban J connectivity index is 1.63. The summed E-state index contributed by atoms with van der Waals surface area (Å²) in [5.74, 6) is -1.04. The highest BCUT2D eigenvalue weighted by Crippen LogP contribution is 2.38. The third kappa shape index (κ3) is 4.58. The van der Waals surface area contributed by atoms with Crippen LogP contribution < -0.4 is 10.2 Å². The van der Waals surface area contributed by atoms with Gasteiger partial charge in [0.1, 0.15) is 0 Å². The molecule has 1 aliphatic heterocycles. The Morgan fingerprint density at radius 3 is 2.49 bits per heavy atom. The molecule has 2 amide bonds. The zero-order chi connectivity index (χ0) is 26.2. The Morgan fingerprint density at radius 1 is 0.919 bits per heavy atom. The second-order valence-electron chi connectivity index (χ2n) is 8.35. The summed E-state index contributed by atoms with van der Waals surface area (Å²) in [7, 11) is -4.07. The van der Waals surface area contributed by atoms with Gasteiger partial charge in [0.25, 0.3) is 11.8 Å². The highest BCUT2D eigenvalue weighted by molar-refractivity contribution is 7.91. The predicted octanol–water partition coefficient (Wildman–Crippen LogP) is 5.46. The average Bonchev–Trinajstić information content (AvgIpc) is 2.97. The standard InChI is InChI=1S/C28H18ClN3O4S/c29-21-7-3-6-19(13-21)17-32-24-15-20(27(33)31-22-8-4-5-18(14-22)16-30)11-12-26(24)37(35,36)25-10-2-1-9-23(25)28(32)34/h1-15H,17H2,(H,31,33). The fraction of sp³-hybridized carbons (Fsp3) is 0.0357. The molecule has 4 aromatic rings. The second kappa shape index (κ2) is 9.54. The summed E-state index contributed by atoms with van der Waals surface area (Å²) in [5.41, 5.74) is 1.74. The first-order valence-corrected chi connectivity index (χ1v) is 13.0. The molecule has 182 valence electrons. The van der Waals surface area contributed by atoms with Gasteiger partial charge in [-0.2, -0.15) is 5.26 Å². The van der Waals surface area contributed by atoms with Crippen molar-refractivity contribution < 1.29 is 18.0 Å². The molecule has 1 N–H and O–H groups in total. The maximum atomic E-state index is 13.7. The molecule has 1 heterocycles. The van der Waals surface area contributed by atoms with Crippen LogP contribution in [0, 0.1) is 11.3 Å². The molecule has 0 unspecified atom stereocenters. The summed E-state index contributed by atoms with van der Waals surface area (Å²) >= 11 is 6.15. The lowest BCUT2D eigenvalue weighted by atomic mass is 10.1. The molecular formula is C28H18ClN3O4S. The van der Waals surface area contributed by atoms with Gasteiger partial charge in [-0.3, -0.25) is 9.59 Å². The number of rotatable bonds is 4. The number of halogens is 1. The van der Waals surface area contributed by atoms with E-state index in [0.29, 0.717) is 21.8 Å². The molecule has 0 fully saturated rings. The van der Waals surface area contributed by atoms with Crippen LogP contribution in [0.5, 0.6) is 0 Å². The third-order valence-corrected chi connectivity index (χ3v) is 8.03. The quantitative estimate of drug-likeness (QED) is 0.379. The van der Waals surface area contributed by atoms with Gasteiger partial charge >= 0.3 is 0 Å². The van der Waals surface area contributed by atoms with Crippen molar-refractivity contribution in [2.45, 2.75) is 16.3 Å². The van der Waals surface area contributed by atoms with E-state index in [-0.39, 0.29) is 33.2 Å². The van der Waals surface area contributed by atoms with Crippen LogP contribution in [0.3, 0.4) is 0 Å². The Labute approximate surface area is 218 Å². The Hall–Kier alpha value is -4.45. The number of amides is 2. The van der Waals surface area contributed by atoms with E-state index in [1.807, 2.05) is 6.07 Å². The van der Waals surface area contributed by atoms with Crippen LogP contribution in [0.4, 0.5) is 11.4 Å². The highest BCUT2D eigenvalue weighted by Gasteiger charge is 2.36. The van der Waals surface area contributed by atoms with Crippen LogP contribution in [0.2, 0.25) is 5.02 Å². The fourth-order valence-corrected chi connectivity index (χ4v) is 6.04. The first kappa shape index (κ1) is 24.3. The molecule has 0 bridgehead atoms. The van der Waals surface area contributed by atoms with Gasteiger partial charge in [0.2, 0.25) is 9.84 Å². The molecule has 37 heavy (non-hydrogen) atoms. The smallest absolute Gasteiger partial charge is 0.259 e. The number of hydrogen-bond acceptors (Lipinski definition) is 5. The van der Waals surface area contributed by atoms with Gasteiger partial charge in [-0.05, 0) is 66.2 Å². The van der Waals surface area contributed by atoms with E-state index < -0.39 is 21.7 Å². The van der Waals surface area contributed by atoms with Gasteiger partial charge in [0.05, 0.1) is 39.2 Å². The molecule has 7 nitrogen and oxygen atoms in total. The molecule has 0 aliphatic carbocycles. The van der Waals surface area contributed by atoms with Gasteiger partial charge in [-0.15, -0.1) is 0 Å². The lowest BCUT2D eigenvalue weighted by molar-refractivity contribution is 0.0979. The van der Waals surface area contributed by atoms with Gasteiger partial charge < -0.3 is 10.2 Å². The first-order chi connectivity index (χ1) is 17.8. The van der Waals surface area contributed by atoms with Crippen molar-refractivity contribution in [3.63, 3.8) is 0 Å². The van der Waals surface area contributed by atoms with Crippen LogP contribution in [-0.2, 0) is 16.4 Å². The topological polar surface area (TPSA) is 107 Å². The molecule has 1 aliphatic rings. The number of carbonyl (C=O) groups is 2. The first-order valence-electron chi connectivity index (χ1n) is 11.1. The van der Waals surface area contributed by atoms with Crippen molar-refractivity contribution in [1.29, 1.82) is 5.26 Å². The summed E-state index contributed by atoms with van der Waals surface area (Å²) in [4.78, 5) is 28.0. The number of sulfone groups is 1. The maximum Gasteiger partial charge on any atom is 0.259 e. The van der Waals surface area contributed by atoms with Gasteiger partial charge in [0, 0.05) is 16.3 Å². The predicted molar refractivity (Wildman–Crippen MR) is 139 cm³/mol. The van der Waals surface area contributed by atoms with Crippen molar-refractivity contribution in [3.8, 4) is 6.07 Å². The van der Waals surface area contributed by atoms with E-state index >= 15 is 0 Å². The SMILES string of the molecule is N#Cc1cccc(NC(=O)c2ccc3c(c2)N(Cc2cccc(Cl)c2)C(=O)c2ccccc2S3(=O)=O)c1. The fourth-order valence-electron chi connectivity index (χ4n) is 4.19. The molecule has 0 spiro atoms. The molecule has 4 aromatic carbocycles. The van der Waals surface area contributed by atoms with E-state index in [9.17, 15) is 18.0 Å². The second-order valence-corrected chi connectivity index (χ2v) is 10.7. The lowest BCUT2D eigenvalue weighted by Gasteiger charge is -2.23. The largest absolute Gasteiger partial charge is 0.322 e. The molecular weight excluding hydrogens is 510 g/mol. The highest BCUT2D eigenvalue weighted by atomic mass is 35.5. The van der Waals surface area contributed by atoms with Crippen LogP contribution >= 0.6 is 11.6 Å². The van der Waals surface area contributed by atoms with E-state index in [1.54, 1.807) is 54.6 Å². The van der Waals surface area contributed by atoms with E-state index in [0.717, 1.165) is 0 Å². The number of benzene rings is 4. The summed E-state index contributed by atoms with van der Waals surface area (Å²) in [6, 6.07) is 25.5. The number of fused-ring (bicyclic) bond motifs is 2. The minimum atomic E-state index is -4.07. The summed E-state index contributed by atoms with van der Waals surface area (Å²) < 4.78 is 27.2. The molecule has 5 rings (SSSR count). The maximum absolute atomic E-state index is 13.7. The molecule has 0 radical (unpaired) electrons. The monoisotopic (exact) mass is 527 g/mol. The number of hydrogen-bond donors (Lipinski definition) is 1.